The Hall–Kier alpha value is -0.850. The van der Waals surface area contributed by atoms with Crippen LogP contribution in [0.15, 0.2) is 24.3 Å². The number of allylic oxidation sites excluding steroid dienone is 3. The van der Waals surface area contributed by atoms with Gasteiger partial charge in [-0.2, -0.15) is 0 Å². The van der Waals surface area contributed by atoms with Crippen LogP contribution in [0.4, 0.5) is 0 Å². The third-order valence-electron chi connectivity index (χ3n) is 0.926. The van der Waals surface area contributed by atoms with Gasteiger partial charge in [0.2, 0.25) is 0 Å². The molecule has 0 heterocycles. The lowest BCUT2D eigenvalue weighted by Crippen LogP contribution is -1.90. The molecule has 0 bridgehead atoms. The van der Waals surface area contributed by atoms with Crippen LogP contribution in [0.25, 0.3) is 0 Å². The van der Waals surface area contributed by atoms with Crippen LogP contribution < -0.4 is 0 Å². The van der Waals surface area contributed by atoms with Crippen LogP contribution in [0.1, 0.15) is 20.3 Å². The zero-order valence-corrected chi connectivity index (χ0v) is 5.98. The first-order valence-electron chi connectivity index (χ1n) is 3.05. The molecule has 0 radical (unpaired) electrons. The lowest BCUT2D eigenvalue weighted by atomic mass is 10.2. The molecule has 0 aromatic carbocycles. The minimum Gasteiger partial charge on any atom is -0.290 e. The summed E-state index contributed by atoms with van der Waals surface area (Å²) in [5.74, 6) is 0.0249. The molecule has 0 unspecified atom stereocenters. The van der Waals surface area contributed by atoms with Crippen molar-refractivity contribution < 1.29 is 4.79 Å². The van der Waals surface area contributed by atoms with Crippen molar-refractivity contribution in [3.05, 3.63) is 24.3 Å². The number of ketones is 1. The Morgan fingerprint density at radius 2 is 2.22 bits per heavy atom. The van der Waals surface area contributed by atoms with Gasteiger partial charge in [0, 0.05) is 0 Å². The smallest absolute Gasteiger partial charge is 0.180 e. The second-order valence-corrected chi connectivity index (χ2v) is 1.96. The van der Waals surface area contributed by atoms with Crippen molar-refractivity contribution in [2.24, 2.45) is 0 Å². The summed E-state index contributed by atoms with van der Waals surface area (Å²) in [6.07, 6.45) is 4.29. The molecule has 0 spiro atoms. The predicted molar refractivity (Wildman–Crippen MR) is 39.3 cm³/mol. The largest absolute Gasteiger partial charge is 0.290 e. The molecule has 0 aromatic rings. The van der Waals surface area contributed by atoms with Gasteiger partial charge in [-0.1, -0.05) is 19.6 Å². The second kappa shape index (κ2) is 4.07. The zero-order chi connectivity index (χ0) is 7.28. The topological polar surface area (TPSA) is 17.1 Å². The molecule has 0 aromatic heterocycles. The van der Waals surface area contributed by atoms with Crippen LogP contribution in [-0.2, 0) is 4.79 Å². The average molecular weight is 124 g/mol. The maximum atomic E-state index is 10.7. The fourth-order valence-electron chi connectivity index (χ4n) is 0.367. The van der Waals surface area contributed by atoms with Gasteiger partial charge in [-0.05, 0) is 25.0 Å². The van der Waals surface area contributed by atoms with E-state index in [1.807, 2.05) is 13.0 Å². The molecule has 0 saturated carbocycles. The summed E-state index contributed by atoms with van der Waals surface area (Å²) in [6, 6.07) is 0. The van der Waals surface area contributed by atoms with E-state index in [4.69, 9.17) is 0 Å². The van der Waals surface area contributed by atoms with E-state index in [2.05, 4.69) is 6.58 Å². The van der Waals surface area contributed by atoms with Crippen molar-refractivity contribution in [2.75, 3.05) is 0 Å². The van der Waals surface area contributed by atoms with E-state index in [1.54, 1.807) is 13.0 Å². The maximum absolute atomic E-state index is 10.7. The van der Waals surface area contributed by atoms with E-state index in [0.29, 0.717) is 5.57 Å². The number of hydrogen-bond donors (Lipinski definition) is 0. The summed E-state index contributed by atoms with van der Waals surface area (Å²) in [5, 5.41) is 0. The van der Waals surface area contributed by atoms with Crippen LogP contribution >= 0.6 is 0 Å². The lowest BCUT2D eigenvalue weighted by Gasteiger charge is -1.86. The van der Waals surface area contributed by atoms with E-state index in [-0.39, 0.29) is 5.78 Å². The molecule has 0 fully saturated rings. The van der Waals surface area contributed by atoms with Gasteiger partial charge < -0.3 is 0 Å². The van der Waals surface area contributed by atoms with Gasteiger partial charge in [-0.15, -0.1) is 0 Å². The van der Waals surface area contributed by atoms with Crippen LogP contribution in [0, 0.1) is 0 Å². The molecule has 50 valence electrons. The second-order valence-electron chi connectivity index (χ2n) is 1.96. The Bertz CT molecular complexity index is 143. The van der Waals surface area contributed by atoms with Crippen LogP contribution in [0.2, 0.25) is 0 Å². The predicted octanol–water partition coefficient (Wildman–Crippen LogP) is 2.10. The molecule has 1 nitrogen and oxygen atoms in total. The Kier molecular flexibility index (Phi) is 3.69. The van der Waals surface area contributed by atoms with Gasteiger partial charge >= 0.3 is 0 Å². The Morgan fingerprint density at radius 1 is 1.67 bits per heavy atom. The molecule has 0 rings (SSSR count). The number of rotatable bonds is 3. The fraction of sp³-hybridized carbons (Fsp3) is 0.375. The fourth-order valence-corrected chi connectivity index (χ4v) is 0.367. The van der Waals surface area contributed by atoms with Gasteiger partial charge in [-0.25, -0.2) is 0 Å². The van der Waals surface area contributed by atoms with Crippen molar-refractivity contribution in [3.63, 3.8) is 0 Å². The van der Waals surface area contributed by atoms with Gasteiger partial charge in [-0.3, -0.25) is 4.79 Å². The summed E-state index contributed by atoms with van der Waals surface area (Å²) >= 11 is 0. The molecule has 0 aliphatic heterocycles. The van der Waals surface area contributed by atoms with Gasteiger partial charge in [0.25, 0.3) is 0 Å². The molecule has 0 aliphatic carbocycles. The highest BCUT2D eigenvalue weighted by molar-refractivity contribution is 6.02. The summed E-state index contributed by atoms with van der Waals surface area (Å²) in [4.78, 5) is 10.7. The minimum absolute atomic E-state index is 0.0249. The standard InChI is InChI=1S/C8H12O/c1-4-5-6-8(9)7(2)3/h5-6H,2,4H2,1,3H3/b6-5+. The Morgan fingerprint density at radius 3 is 2.56 bits per heavy atom. The molecule has 0 aliphatic rings. The molecule has 9 heavy (non-hydrogen) atoms. The van der Waals surface area contributed by atoms with Crippen molar-refractivity contribution in [3.8, 4) is 0 Å². The van der Waals surface area contributed by atoms with Crippen LogP contribution in [0.5, 0.6) is 0 Å². The van der Waals surface area contributed by atoms with Crippen LogP contribution in [-0.4, -0.2) is 5.78 Å². The summed E-state index contributed by atoms with van der Waals surface area (Å²) in [5.41, 5.74) is 0.597. The molecule has 0 saturated heterocycles. The van der Waals surface area contributed by atoms with E-state index < -0.39 is 0 Å². The summed E-state index contributed by atoms with van der Waals surface area (Å²) < 4.78 is 0. The first-order chi connectivity index (χ1) is 4.18. The van der Waals surface area contributed by atoms with Gasteiger partial charge in [0.05, 0.1) is 0 Å². The van der Waals surface area contributed by atoms with Crippen molar-refractivity contribution in [1.82, 2.24) is 0 Å². The van der Waals surface area contributed by atoms with Crippen LogP contribution in [0.3, 0.4) is 0 Å². The molecular formula is C8H12O. The van der Waals surface area contributed by atoms with Gasteiger partial charge in [0.1, 0.15) is 0 Å². The van der Waals surface area contributed by atoms with Crippen molar-refractivity contribution >= 4 is 5.78 Å². The lowest BCUT2D eigenvalue weighted by molar-refractivity contribution is -0.111. The zero-order valence-electron chi connectivity index (χ0n) is 5.98. The Balaban J connectivity index is 3.77. The maximum Gasteiger partial charge on any atom is 0.180 e. The van der Waals surface area contributed by atoms with Crippen molar-refractivity contribution in [2.45, 2.75) is 20.3 Å². The average Bonchev–Trinajstić information content (AvgIpc) is 1.82. The molecule has 0 amide bonds. The third kappa shape index (κ3) is 3.71. The number of hydrogen-bond acceptors (Lipinski definition) is 1. The summed E-state index contributed by atoms with van der Waals surface area (Å²) in [7, 11) is 0. The third-order valence-corrected chi connectivity index (χ3v) is 0.926. The molecule has 0 N–H and O–H groups in total. The molecular weight excluding hydrogens is 112 g/mol. The monoisotopic (exact) mass is 124 g/mol. The van der Waals surface area contributed by atoms with Gasteiger partial charge in [0.15, 0.2) is 5.78 Å². The Labute approximate surface area is 56.1 Å². The van der Waals surface area contributed by atoms with E-state index in [0.717, 1.165) is 6.42 Å². The van der Waals surface area contributed by atoms with E-state index in [9.17, 15) is 4.79 Å². The highest BCUT2D eigenvalue weighted by Crippen LogP contribution is 1.91. The highest BCUT2D eigenvalue weighted by Gasteiger charge is 1.92. The quantitative estimate of drug-likeness (QED) is 0.526. The number of carbonyl (C=O) groups is 1. The highest BCUT2D eigenvalue weighted by atomic mass is 16.1. The first kappa shape index (κ1) is 8.15. The minimum atomic E-state index is 0.0249. The molecule has 0 atom stereocenters. The normalized spacial score (nSPS) is 10.0. The molecule has 1 heteroatoms. The first-order valence-corrected chi connectivity index (χ1v) is 3.05. The summed E-state index contributed by atoms with van der Waals surface area (Å²) in [6.45, 7) is 7.21. The van der Waals surface area contributed by atoms with E-state index in [1.165, 1.54) is 0 Å². The number of carbonyl (C=O) groups excluding carboxylic acids is 1. The van der Waals surface area contributed by atoms with E-state index >= 15 is 0 Å². The van der Waals surface area contributed by atoms with Crippen molar-refractivity contribution in [1.29, 1.82) is 0 Å². The SMILES string of the molecule is C=C(C)C(=O)/C=C/CC.